The van der Waals surface area contributed by atoms with Gasteiger partial charge in [-0.15, -0.1) is 0 Å². The fourth-order valence-electron chi connectivity index (χ4n) is 4.43. The maximum absolute atomic E-state index is 12.9. The maximum Gasteiger partial charge on any atom is 0.174 e. The van der Waals surface area contributed by atoms with Gasteiger partial charge in [0, 0.05) is 17.9 Å². The lowest BCUT2D eigenvalue weighted by Gasteiger charge is -2.31. The molecule has 0 bridgehead atoms. The number of carbonyl (C=O) groups excluding carboxylic acids is 1. The second-order valence-electron chi connectivity index (χ2n) is 8.36. The van der Waals surface area contributed by atoms with Gasteiger partial charge < -0.3 is 10.2 Å². The lowest BCUT2D eigenvalue weighted by atomic mass is 9.83. The van der Waals surface area contributed by atoms with Crippen molar-refractivity contribution in [2.24, 2.45) is 5.92 Å². The van der Waals surface area contributed by atoms with Crippen molar-refractivity contribution in [3.8, 4) is 0 Å². The van der Waals surface area contributed by atoms with Crippen molar-refractivity contribution in [1.29, 1.82) is 0 Å². The number of rotatable bonds is 9. The number of likely N-dealkylation sites (tertiary alicyclic amines) is 1. The Labute approximate surface area is 163 Å². The van der Waals surface area contributed by atoms with Crippen LogP contribution in [0.5, 0.6) is 0 Å². The molecule has 1 saturated heterocycles. The van der Waals surface area contributed by atoms with Crippen molar-refractivity contribution in [3.05, 3.63) is 59.4 Å². The molecule has 3 nitrogen and oxygen atoms in total. The van der Waals surface area contributed by atoms with Gasteiger partial charge in [0.15, 0.2) is 5.78 Å². The molecule has 4 rings (SSSR count). The summed E-state index contributed by atoms with van der Waals surface area (Å²) in [5.41, 5.74) is 5.51. The Morgan fingerprint density at radius 3 is 2.56 bits per heavy atom. The molecule has 3 aliphatic rings. The summed E-state index contributed by atoms with van der Waals surface area (Å²) in [6, 6.07) is 10.8. The Morgan fingerprint density at radius 1 is 1.11 bits per heavy atom. The molecule has 1 heterocycles. The number of ketones is 1. The van der Waals surface area contributed by atoms with Crippen LogP contribution in [-0.4, -0.2) is 29.8 Å². The van der Waals surface area contributed by atoms with E-state index >= 15 is 0 Å². The molecule has 1 aromatic rings. The van der Waals surface area contributed by atoms with Crippen LogP contribution in [0.1, 0.15) is 56.9 Å². The van der Waals surface area contributed by atoms with Crippen LogP contribution in [0.15, 0.2) is 53.9 Å². The van der Waals surface area contributed by atoms with Gasteiger partial charge in [0.25, 0.3) is 0 Å². The van der Waals surface area contributed by atoms with Gasteiger partial charge in [-0.1, -0.05) is 48.9 Å². The van der Waals surface area contributed by atoms with E-state index in [9.17, 15) is 4.79 Å². The molecule has 3 heteroatoms. The first kappa shape index (κ1) is 18.3. The van der Waals surface area contributed by atoms with E-state index in [2.05, 4.69) is 47.1 Å². The zero-order valence-electron chi connectivity index (χ0n) is 16.4. The van der Waals surface area contributed by atoms with Gasteiger partial charge in [-0.05, 0) is 62.8 Å². The van der Waals surface area contributed by atoms with E-state index in [1.54, 1.807) is 5.57 Å². The highest BCUT2D eigenvalue weighted by atomic mass is 16.1. The Bertz CT molecular complexity index is 711. The van der Waals surface area contributed by atoms with Crippen LogP contribution in [0.4, 0.5) is 0 Å². The first-order valence-corrected chi connectivity index (χ1v) is 10.7. The van der Waals surface area contributed by atoms with Crippen LogP contribution in [-0.2, 0) is 11.2 Å². The molecular formula is C24H32N2O. The third-order valence-corrected chi connectivity index (χ3v) is 6.46. The van der Waals surface area contributed by atoms with E-state index in [0.29, 0.717) is 18.2 Å². The number of Topliss-reactive ketones (excluding diaryl/α,β-unsaturated/α-hetero) is 1. The molecule has 2 saturated carbocycles. The van der Waals surface area contributed by atoms with Crippen LogP contribution in [0.25, 0.3) is 0 Å². The predicted molar refractivity (Wildman–Crippen MR) is 110 cm³/mol. The van der Waals surface area contributed by atoms with Gasteiger partial charge in [-0.25, -0.2) is 0 Å². The highest BCUT2D eigenvalue weighted by molar-refractivity contribution is 5.86. The molecule has 0 spiro atoms. The monoisotopic (exact) mass is 364 g/mol. The summed E-state index contributed by atoms with van der Waals surface area (Å²) in [7, 11) is 0. The lowest BCUT2D eigenvalue weighted by molar-refractivity contribution is -0.121. The molecule has 1 aliphatic heterocycles. The first-order valence-electron chi connectivity index (χ1n) is 10.7. The van der Waals surface area contributed by atoms with E-state index in [1.807, 2.05) is 0 Å². The van der Waals surface area contributed by atoms with E-state index < -0.39 is 0 Å². The average Bonchev–Trinajstić information content (AvgIpc) is 3.36. The van der Waals surface area contributed by atoms with Crippen molar-refractivity contribution in [2.75, 3.05) is 13.1 Å². The zero-order valence-corrected chi connectivity index (χ0v) is 16.4. The third-order valence-electron chi connectivity index (χ3n) is 6.46. The number of nitrogens with zero attached hydrogens (tertiary/aromatic N) is 1. The molecule has 1 unspecified atom stereocenters. The summed E-state index contributed by atoms with van der Waals surface area (Å²) >= 11 is 0. The fraction of sp³-hybridized carbons (Fsp3) is 0.542. The third kappa shape index (κ3) is 4.45. The Balaban J connectivity index is 1.36. The molecule has 0 aromatic heterocycles. The van der Waals surface area contributed by atoms with Gasteiger partial charge >= 0.3 is 0 Å². The van der Waals surface area contributed by atoms with Crippen LogP contribution in [0, 0.1) is 5.92 Å². The molecule has 1 N–H and O–H groups in total. The van der Waals surface area contributed by atoms with Gasteiger partial charge in [-0.2, -0.15) is 0 Å². The largest absolute Gasteiger partial charge is 0.381 e. The number of allylic oxidation sites excluding steroid dienone is 3. The molecule has 1 atom stereocenters. The topological polar surface area (TPSA) is 32.3 Å². The smallest absolute Gasteiger partial charge is 0.174 e. The zero-order chi connectivity index (χ0) is 18.6. The number of carbonyl (C=O) groups is 1. The molecule has 0 amide bonds. The number of benzene rings is 1. The molecule has 2 aliphatic carbocycles. The summed E-state index contributed by atoms with van der Waals surface area (Å²) in [6.07, 6.45) is 10.4. The number of hydrogen-bond acceptors (Lipinski definition) is 3. The lowest BCUT2D eigenvalue weighted by Crippen LogP contribution is -2.41. The predicted octanol–water partition coefficient (Wildman–Crippen LogP) is 4.60. The summed E-state index contributed by atoms with van der Waals surface area (Å²) in [6.45, 7) is 5.62. The van der Waals surface area contributed by atoms with E-state index in [4.69, 9.17) is 0 Å². The summed E-state index contributed by atoms with van der Waals surface area (Å²) < 4.78 is 0. The molecule has 27 heavy (non-hydrogen) atoms. The minimum Gasteiger partial charge on any atom is -0.381 e. The van der Waals surface area contributed by atoms with Crippen molar-refractivity contribution < 1.29 is 4.79 Å². The molecule has 1 aromatic carbocycles. The maximum atomic E-state index is 12.9. The van der Waals surface area contributed by atoms with Gasteiger partial charge in [0.2, 0.25) is 0 Å². The Morgan fingerprint density at radius 2 is 1.89 bits per heavy atom. The molecule has 144 valence electrons. The number of nitrogens with one attached hydrogen (secondary N) is 1. The standard InChI is InChI=1S/C24H32N2O/c1-18(20-9-5-10-20)25-17-24(27)23-11-6-16-26(23)22(21-13-14-21)15-12-19-7-3-2-4-8-19/h2-4,7-8,20,23,25H,1,5-6,9-17H2. The normalized spacial score (nSPS) is 21.7. The second-order valence-corrected chi connectivity index (χ2v) is 8.36. The summed E-state index contributed by atoms with van der Waals surface area (Å²) in [5, 5.41) is 3.34. The van der Waals surface area contributed by atoms with E-state index in [0.717, 1.165) is 37.9 Å². The quantitative estimate of drug-likeness (QED) is 0.695. The van der Waals surface area contributed by atoms with Gasteiger partial charge in [-0.3, -0.25) is 4.79 Å². The SMILES string of the molecule is C=C(NCC(=O)C1CCCN1C(CCc1ccccc1)=C1CC1)C1CCC1. The number of aryl methyl sites for hydroxylation is 1. The second kappa shape index (κ2) is 8.33. The van der Waals surface area contributed by atoms with E-state index in [1.165, 1.54) is 43.4 Å². The van der Waals surface area contributed by atoms with Crippen molar-refractivity contribution >= 4 is 5.78 Å². The van der Waals surface area contributed by atoms with Crippen LogP contribution in [0.2, 0.25) is 0 Å². The van der Waals surface area contributed by atoms with Gasteiger partial charge in [0.1, 0.15) is 0 Å². The summed E-state index contributed by atoms with van der Waals surface area (Å²) in [5.74, 6) is 0.930. The fourth-order valence-corrected chi connectivity index (χ4v) is 4.43. The van der Waals surface area contributed by atoms with Crippen LogP contribution in [0.3, 0.4) is 0 Å². The van der Waals surface area contributed by atoms with Crippen molar-refractivity contribution in [2.45, 2.75) is 63.8 Å². The average molecular weight is 365 g/mol. The number of hydrogen-bond donors (Lipinski definition) is 1. The minimum atomic E-state index is 0.0607. The first-order chi connectivity index (χ1) is 13.2. The van der Waals surface area contributed by atoms with Gasteiger partial charge in [0.05, 0.1) is 12.6 Å². The highest BCUT2D eigenvalue weighted by Crippen LogP contribution is 2.38. The van der Waals surface area contributed by atoms with Crippen LogP contribution < -0.4 is 5.32 Å². The van der Waals surface area contributed by atoms with Crippen molar-refractivity contribution in [3.63, 3.8) is 0 Å². The molecule has 3 fully saturated rings. The van der Waals surface area contributed by atoms with Crippen molar-refractivity contribution in [1.82, 2.24) is 10.2 Å². The molecular weight excluding hydrogens is 332 g/mol. The summed E-state index contributed by atoms with van der Waals surface area (Å²) in [4.78, 5) is 15.4. The highest BCUT2D eigenvalue weighted by Gasteiger charge is 2.34. The van der Waals surface area contributed by atoms with Crippen LogP contribution >= 0.6 is 0 Å². The van der Waals surface area contributed by atoms with E-state index in [-0.39, 0.29) is 6.04 Å². The minimum absolute atomic E-state index is 0.0607. The molecule has 0 radical (unpaired) electrons. The Hall–Kier alpha value is -2.03. The Kier molecular flexibility index (Phi) is 5.66.